The Morgan fingerprint density at radius 1 is 1.20 bits per heavy atom. The molecule has 2 N–H and O–H groups in total. The standard InChI is InChI=1S/C21H25ClN2O5S/c1-3-30(26,27)24-18-8-7-17(14-19(18)28-2)23-20(25)21(9-11-29-12-10-21)15-5-4-6-16(22)13-15/h4-8,13-14,24H,3,9-12H2,1-2H3,(H,23,25). The maximum absolute atomic E-state index is 13.4. The summed E-state index contributed by atoms with van der Waals surface area (Å²) < 4.78 is 37.0. The highest BCUT2D eigenvalue weighted by atomic mass is 35.5. The number of rotatable bonds is 7. The molecule has 3 rings (SSSR count). The van der Waals surface area contributed by atoms with Gasteiger partial charge in [-0.15, -0.1) is 0 Å². The van der Waals surface area contributed by atoms with Crippen LogP contribution in [0.3, 0.4) is 0 Å². The number of nitrogens with one attached hydrogen (secondary N) is 2. The summed E-state index contributed by atoms with van der Waals surface area (Å²) in [6.45, 7) is 2.49. The Hall–Kier alpha value is -2.29. The number of carbonyl (C=O) groups is 1. The zero-order valence-corrected chi connectivity index (χ0v) is 18.5. The lowest BCUT2D eigenvalue weighted by atomic mass is 9.73. The van der Waals surface area contributed by atoms with E-state index in [1.807, 2.05) is 18.2 Å². The van der Waals surface area contributed by atoms with Crippen molar-refractivity contribution in [3.05, 3.63) is 53.1 Å². The zero-order valence-electron chi connectivity index (χ0n) is 16.9. The van der Waals surface area contributed by atoms with Crippen LogP contribution in [0.5, 0.6) is 5.75 Å². The van der Waals surface area contributed by atoms with Gasteiger partial charge in [0, 0.05) is 30.0 Å². The summed E-state index contributed by atoms with van der Waals surface area (Å²) in [5.74, 6) is 0.0874. The Morgan fingerprint density at radius 2 is 1.93 bits per heavy atom. The molecule has 9 heteroatoms. The third kappa shape index (κ3) is 4.88. The van der Waals surface area contributed by atoms with Crippen LogP contribution in [-0.2, 0) is 25.0 Å². The molecule has 0 radical (unpaired) electrons. The highest BCUT2D eigenvalue weighted by Crippen LogP contribution is 2.38. The number of carbonyl (C=O) groups excluding carboxylic acids is 1. The minimum atomic E-state index is -3.45. The van der Waals surface area contributed by atoms with E-state index in [4.69, 9.17) is 21.1 Å². The molecular weight excluding hydrogens is 428 g/mol. The summed E-state index contributed by atoms with van der Waals surface area (Å²) in [5.41, 5.74) is 0.894. The maximum atomic E-state index is 13.4. The third-order valence-electron chi connectivity index (χ3n) is 5.26. The van der Waals surface area contributed by atoms with Crippen LogP contribution >= 0.6 is 11.6 Å². The lowest BCUT2D eigenvalue weighted by Crippen LogP contribution is -2.44. The molecule has 0 spiro atoms. The van der Waals surface area contributed by atoms with Crippen LogP contribution in [0.2, 0.25) is 5.02 Å². The van der Waals surface area contributed by atoms with Gasteiger partial charge < -0.3 is 14.8 Å². The lowest BCUT2D eigenvalue weighted by Gasteiger charge is -2.36. The van der Waals surface area contributed by atoms with Gasteiger partial charge in [-0.3, -0.25) is 9.52 Å². The summed E-state index contributed by atoms with van der Waals surface area (Å²) in [6.07, 6.45) is 1.06. The summed E-state index contributed by atoms with van der Waals surface area (Å²) in [6, 6.07) is 12.1. The molecular formula is C21H25ClN2O5S. The summed E-state index contributed by atoms with van der Waals surface area (Å²) in [7, 11) is -2.01. The van der Waals surface area contributed by atoms with E-state index in [2.05, 4.69) is 10.0 Å². The average Bonchev–Trinajstić information content (AvgIpc) is 2.75. The Labute approximate surface area is 181 Å². The van der Waals surface area contributed by atoms with E-state index in [0.717, 1.165) is 5.56 Å². The topological polar surface area (TPSA) is 93.7 Å². The molecule has 0 aromatic heterocycles. The number of sulfonamides is 1. The predicted molar refractivity (Wildman–Crippen MR) is 118 cm³/mol. The van der Waals surface area contributed by atoms with Gasteiger partial charge in [0.05, 0.1) is 24.0 Å². The largest absolute Gasteiger partial charge is 0.494 e. The molecule has 0 atom stereocenters. The first-order valence-electron chi connectivity index (χ1n) is 9.63. The van der Waals surface area contributed by atoms with Gasteiger partial charge in [-0.2, -0.15) is 0 Å². The van der Waals surface area contributed by atoms with Gasteiger partial charge in [0.1, 0.15) is 5.75 Å². The number of halogens is 1. The Kier molecular flexibility index (Phi) is 6.90. The first kappa shape index (κ1) is 22.4. The van der Waals surface area contributed by atoms with Crippen LogP contribution in [0.15, 0.2) is 42.5 Å². The monoisotopic (exact) mass is 452 g/mol. The van der Waals surface area contributed by atoms with Crippen molar-refractivity contribution in [2.45, 2.75) is 25.2 Å². The van der Waals surface area contributed by atoms with Crippen LogP contribution in [0.4, 0.5) is 11.4 Å². The van der Waals surface area contributed by atoms with E-state index in [-0.39, 0.29) is 11.7 Å². The second-order valence-corrected chi connectivity index (χ2v) is 9.53. The van der Waals surface area contributed by atoms with Gasteiger partial charge in [0.15, 0.2) is 0 Å². The van der Waals surface area contributed by atoms with Crippen molar-refractivity contribution in [3.63, 3.8) is 0 Å². The predicted octanol–water partition coefficient (Wildman–Crippen LogP) is 3.80. The number of hydrogen-bond acceptors (Lipinski definition) is 5. The molecule has 162 valence electrons. The van der Waals surface area contributed by atoms with Gasteiger partial charge >= 0.3 is 0 Å². The Balaban J connectivity index is 1.89. The summed E-state index contributed by atoms with van der Waals surface area (Å²) in [4.78, 5) is 13.4. The molecule has 1 fully saturated rings. The molecule has 2 aromatic rings. The van der Waals surface area contributed by atoms with Crippen LogP contribution in [0, 0.1) is 0 Å². The van der Waals surface area contributed by atoms with E-state index in [1.54, 1.807) is 31.2 Å². The fourth-order valence-corrected chi connectivity index (χ4v) is 4.33. The molecule has 0 saturated carbocycles. The summed E-state index contributed by atoms with van der Waals surface area (Å²) in [5, 5.41) is 3.52. The zero-order chi connectivity index (χ0) is 21.8. The van der Waals surface area contributed by atoms with Crippen LogP contribution < -0.4 is 14.8 Å². The van der Waals surface area contributed by atoms with E-state index in [1.165, 1.54) is 7.11 Å². The van der Waals surface area contributed by atoms with Crippen molar-refractivity contribution in [2.75, 3.05) is 36.1 Å². The number of benzene rings is 2. The number of methoxy groups -OCH3 is 1. The Morgan fingerprint density at radius 3 is 2.57 bits per heavy atom. The average molecular weight is 453 g/mol. The fourth-order valence-electron chi connectivity index (χ4n) is 3.50. The summed E-state index contributed by atoms with van der Waals surface area (Å²) >= 11 is 6.18. The lowest BCUT2D eigenvalue weighted by molar-refractivity contribution is -0.125. The minimum absolute atomic E-state index is 0.0567. The van der Waals surface area contributed by atoms with Gasteiger partial charge in [-0.05, 0) is 49.6 Å². The highest BCUT2D eigenvalue weighted by Gasteiger charge is 2.42. The van der Waals surface area contributed by atoms with Crippen LogP contribution in [0.25, 0.3) is 0 Å². The molecule has 0 bridgehead atoms. The van der Waals surface area contributed by atoms with E-state index in [0.29, 0.717) is 48.2 Å². The maximum Gasteiger partial charge on any atom is 0.235 e. The quantitative estimate of drug-likeness (QED) is 0.666. The smallest absolute Gasteiger partial charge is 0.235 e. The second-order valence-electron chi connectivity index (χ2n) is 7.08. The van der Waals surface area contributed by atoms with Crippen molar-refractivity contribution in [1.29, 1.82) is 0 Å². The SMILES string of the molecule is CCS(=O)(=O)Nc1ccc(NC(=O)C2(c3cccc(Cl)c3)CCOCC2)cc1OC. The van der Waals surface area contributed by atoms with E-state index < -0.39 is 15.4 Å². The van der Waals surface area contributed by atoms with Crippen molar-refractivity contribution in [2.24, 2.45) is 0 Å². The van der Waals surface area contributed by atoms with Gasteiger partial charge in [-0.25, -0.2) is 8.42 Å². The first-order chi connectivity index (χ1) is 14.3. The van der Waals surface area contributed by atoms with Gasteiger partial charge in [0.2, 0.25) is 15.9 Å². The second kappa shape index (κ2) is 9.24. The third-order valence-corrected chi connectivity index (χ3v) is 6.79. The van der Waals surface area contributed by atoms with Crippen molar-refractivity contribution in [1.82, 2.24) is 0 Å². The molecule has 7 nitrogen and oxygen atoms in total. The van der Waals surface area contributed by atoms with Crippen molar-refractivity contribution >= 4 is 38.9 Å². The number of hydrogen-bond donors (Lipinski definition) is 2. The molecule has 1 aliphatic rings. The molecule has 1 aliphatic heterocycles. The van der Waals surface area contributed by atoms with Crippen molar-refractivity contribution in [3.8, 4) is 5.75 Å². The van der Waals surface area contributed by atoms with Gasteiger partial charge in [-0.1, -0.05) is 23.7 Å². The minimum Gasteiger partial charge on any atom is -0.494 e. The Bertz CT molecular complexity index is 1020. The van der Waals surface area contributed by atoms with Crippen molar-refractivity contribution < 1.29 is 22.7 Å². The van der Waals surface area contributed by atoms with E-state index in [9.17, 15) is 13.2 Å². The fraction of sp³-hybridized carbons (Fsp3) is 0.381. The van der Waals surface area contributed by atoms with Crippen LogP contribution in [-0.4, -0.2) is 40.4 Å². The molecule has 1 amide bonds. The van der Waals surface area contributed by atoms with Gasteiger partial charge in [0.25, 0.3) is 0 Å². The number of ether oxygens (including phenoxy) is 2. The number of amides is 1. The first-order valence-corrected chi connectivity index (χ1v) is 11.7. The molecule has 1 heterocycles. The van der Waals surface area contributed by atoms with E-state index >= 15 is 0 Å². The molecule has 30 heavy (non-hydrogen) atoms. The molecule has 0 aliphatic carbocycles. The molecule has 0 unspecified atom stereocenters. The highest BCUT2D eigenvalue weighted by molar-refractivity contribution is 7.92. The number of anilines is 2. The van der Waals surface area contributed by atoms with Crippen LogP contribution in [0.1, 0.15) is 25.3 Å². The normalized spacial score (nSPS) is 16.0. The molecule has 1 saturated heterocycles. The molecule has 2 aromatic carbocycles.